The van der Waals surface area contributed by atoms with E-state index in [9.17, 15) is 4.79 Å². The zero-order chi connectivity index (χ0) is 14.7. The molecule has 1 saturated heterocycles. The van der Waals surface area contributed by atoms with Gasteiger partial charge in [-0.1, -0.05) is 54.4 Å². The van der Waals surface area contributed by atoms with Crippen molar-refractivity contribution in [2.24, 2.45) is 10.8 Å². The van der Waals surface area contributed by atoms with Crippen molar-refractivity contribution in [1.82, 2.24) is 4.90 Å². The molecular weight excluding hydrogens is 234 g/mol. The van der Waals surface area contributed by atoms with E-state index in [0.29, 0.717) is 17.4 Å². The van der Waals surface area contributed by atoms with E-state index < -0.39 is 0 Å². The first-order valence-corrected chi connectivity index (χ1v) is 7.97. The lowest BCUT2D eigenvalue weighted by atomic mass is 9.73. The van der Waals surface area contributed by atoms with E-state index in [1.54, 1.807) is 0 Å². The molecule has 0 spiro atoms. The van der Waals surface area contributed by atoms with Crippen LogP contribution >= 0.6 is 0 Å². The lowest BCUT2D eigenvalue weighted by Crippen LogP contribution is -2.47. The summed E-state index contributed by atoms with van der Waals surface area (Å²) >= 11 is 0. The van der Waals surface area contributed by atoms with Gasteiger partial charge < -0.3 is 4.90 Å². The molecule has 1 fully saturated rings. The van der Waals surface area contributed by atoms with E-state index in [2.05, 4.69) is 46.4 Å². The van der Waals surface area contributed by atoms with Crippen molar-refractivity contribution in [2.45, 2.75) is 86.1 Å². The number of hydrogen-bond donors (Lipinski definition) is 0. The molecule has 1 atom stereocenters. The first-order valence-electron chi connectivity index (χ1n) is 7.97. The summed E-state index contributed by atoms with van der Waals surface area (Å²) in [4.78, 5) is 14.2. The number of hydrogen-bond acceptors (Lipinski definition) is 1. The summed E-state index contributed by atoms with van der Waals surface area (Å²) in [5.41, 5.74) is 0.500. The van der Waals surface area contributed by atoms with Gasteiger partial charge in [-0.25, -0.2) is 0 Å². The van der Waals surface area contributed by atoms with Gasteiger partial charge in [-0.05, 0) is 30.1 Å². The van der Waals surface area contributed by atoms with Crippen molar-refractivity contribution < 1.29 is 4.79 Å². The van der Waals surface area contributed by atoms with Crippen molar-refractivity contribution in [2.75, 3.05) is 6.54 Å². The van der Waals surface area contributed by atoms with E-state index >= 15 is 0 Å². The van der Waals surface area contributed by atoms with Crippen LogP contribution in [0.3, 0.4) is 0 Å². The molecule has 0 saturated carbocycles. The number of likely N-dealkylation sites (tertiary alicyclic amines) is 1. The Morgan fingerprint density at radius 1 is 1.21 bits per heavy atom. The van der Waals surface area contributed by atoms with Gasteiger partial charge in [-0.15, -0.1) is 0 Å². The number of rotatable bonds is 6. The molecule has 0 aromatic carbocycles. The fourth-order valence-electron chi connectivity index (χ4n) is 3.16. The van der Waals surface area contributed by atoms with Crippen LogP contribution in [0.5, 0.6) is 0 Å². The van der Waals surface area contributed by atoms with E-state index in [4.69, 9.17) is 0 Å². The molecule has 0 bridgehead atoms. The molecular formula is C17H33NO. The molecule has 1 aliphatic rings. The minimum absolute atomic E-state index is 0.170. The fraction of sp³-hybridized carbons (Fsp3) is 0.941. The highest BCUT2D eigenvalue weighted by Crippen LogP contribution is 2.38. The van der Waals surface area contributed by atoms with Crippen LogP contribution < -0.4 is 0 Å². The molecule has 0 aliphatic carbocycles. The quantitative estimate of drug-likeness (QED) is 0.687. The third-order valence-corrected chi connectivity index (χ3v) is 4.44. The van der Waals surface area contributed by atoms with Gasteiger partial charge in [0, 0.05) is 19.0 Å². The Morgan fingerprint density at radius 3 is 2.26 bits per heavy atom. The molecule has 1 aliphatic heterocycles. The zero-order valence-electron chi connectivity index (χ0n) is 13.9. The minimum atomic E-state index is 0.170. The Labute approximate surface area is 119 Å². The second-order valence-corrected chi connectivity index (χ2v) is 8.04. The highest BCUT2D eigenvalue weighted by atomic mass is 16.2. The summed E-state index contributed by atoms with van der Waals surface area (Å²) in [6.45, 7) is 14.8. The largest absolute Gasteiger partial charge is 0.339 e. The van der Waals surface area contributed by atoms with Crippen LogP contribution in [0.25, 0.3) is 0 Å². The average Bonchev–Trinajstić information content (AvgIpc) is 2.68. The molecule has 19 heavy (non-hydrogen) atoms. The number of unbranched alkanes of at least 4 members (excludes halogenated alkanes) is 1. The molecule has 0 aromatic heterocycles. The molecule has 1 unspecified atom stereocenters. The standard InChI is InChI=1S/C17H33NO/c1-7-8-11-17(5,6)13-14(16(2,3)4)18-12-9-10-15(18)19/h14H,7-13H2,1-6H3. The van der Waals surface area contributed by atoms with Gasteiger partial charge in [0.2, 0.25) is 5.91 Å². The Hall–Kier alpha value is -0.530. The van der Waals surface area contributed by atoms with Crippen LogP contribution in [-0.4, -0.2) is 23.4 Å². The number of nitrogens with zero attached hydrogens (tertiary/aromatic N) is 1. The van der Waals surface area contributed by atoms with Gasteiger partial charge in [-0.3, -0.25) is 4.79 Å². The third-order valence-electron chi connectivity index (χ3n) is 4.44. The van der Waals surface area contributed by atoms with Crippen molar-refractivity contribution in [3.8, 4) is 0 Å². The van der Waals surface area contributed by atoms with Crippen LogP contribution in [0, 0.1) is 10.8 Å². The highest BCUT2D eigenvalue weighted by Gasteiger charge is 2.38. The lowest BCUT2D eigenvalue weighted by Gasteiger charge is -2.42. The number of amides is 1. The van der Waals surface area contributed by atoms with Crippen LogP contribution in [-0.2, 0) is 4.79 Å². The van der Waals surface area contributed by atoms with Gasteiger partial charge in [0.1, 0.15) is 0 Å². The first-order chi connectivity index (χ1) is 8.67. The first kappa shape index (κ1) is 16.5. The second-order valence-electron chi connectivity index (χ2n) is 8.04. The predicted octanol–water partition coefficient (Wildman–Crippen LogP) is 4.63. The Kier molecular flexibility index (Phi) is 5.46. The summed E-state index contributed by atoms with van der Waals surface area (Å²) in [5, 5.41) is 0. The Bertz CT molecular complexity index is 301. The Morgan fingerprint density at radius 2 is 1.84 bits per heavy atom. The molecule has 0 aromatic rings. The molecule has 1 amide bonds. The molecule has 1 heterocycles. The molecule has 0 radical (unpaired) electrons. The fourth-order valence-corrected chi connectivity index (χ4v) is 3.16. The van der Waals surface area contributed by atoms with E-state index in [1.165, 1.54) is 19.3 Å². The maximum atomic E-state index is 12.1. The highest BCUT2D eigenvalue weighted by molar-refractivity contribution is 5.78. The van der Waals surface area contributed by atoms with Crippen LogP contribution in [0.15, 0.2) is 0 Å². The van der Waals surface area contributed by atoms with Crippen LogP contribution in [0.4, 0.5) is 0 Å². The molecule has 0 N–H and O–H groups in total. The predicted molar refractivity (Wildman–Crippen MR) is 82.1 cm³/mol. The molecule has 1 rings (SSSR count). The van der Waals surface area contributed by atoms with Crippen LogP contribution in [0.1, 0.15) is 80.1 Å². The van der Waals surface area contributed by atoms with Crippen LogP contribution in [0.2, 0.25) is 0 Å². The third kappa shape index (κ3) is 4.81. The molecule has 2 nitrogen and oxygen atoms in total. The van der Waals surface area contributed by atoms with Crippen molar-refractivity contribution in [3.63, 3.8) is 0 Å². The SMILES string of the molecule is CCCCC(C)(C)CC(N1CCCC1=O)C(C)(C)C. The number of carbonyl (C=O) groups excluding carboxylic acids is 1. The maximum absolute atomic E-state index is 12.1. The maximum Gasteiger partial charge on any atom is 0.222 e. The normalized spacial score (nSPS) is 19.1. The summed E-state index contributed by atoms with van der Waals surface area (Å²) in [7, 11) is 0. The summed E-state index contributed by atoms with van der Waals surface area (Å²) < 4.78 is 0. The van der Waals surface area contributed by atoms with E-state index in [0.717, 1.165) is 25.8 Å². The summed E-state index contributed by atoms with van der Waals surface area (Å²) in [6, 6.07) is 0.384. The van der Waals surface area contributed by atoms with Gasteiger partial charge >= 0.3 is 0 Å². The Balaban J connectivity index is 2.78. The van der Waals surface area contributed by atoms with Gasteiger partial charge in [0.15, 0.2) is 0 Å². The van der Waals surface area contributed by atoms with Crippen molar-refractivity contribution in [1.29, 1.82) is 0 Å². The molecule has 2 heteroatoms. The van der Waals surface area contributed by atoms with Crippen molar-refractivity contribution in [3.05, 3.63) is 0 Å². The monoisotopic (exact) mass is 267 g/mol. The van der Waals surface area contributed by atoms with Gasteiger partial charge in [0.25, 0.3) is 0 Å². The van der Waals surface area contributed by atoms with E-state index in [1.807, 2.05) is 0 Å². The minimum Gasteiger partial charge on any atom is -0.339 e. The summed E-state index contributed by atoms with van der Waals surface area (Å²) in [5.74, 6) is 0.367. The van der Waals surface area contributed by atoms with Gasteiger partial charge in [-0.2, -0.15) is 0 Å². The average molecular weight is 267 g/mol. The molecule has 112 valence electrons. The van der Waals surface area contributed by atoms with Crippen molar-refractivity contribution >= 4 is 5.91 Å². The van der Waals surface area contributed by atoms with Gasteiger partial charge in [0.05, 0.1) is 0 Å². The summed E-state index contributed by atoms with van der Waals surface area (Å²) in [6.07, 6.45) is 6.73. The topological polar surface area (TPSA) is 20.3 Å². The van der Waals surface area contributed by atoms with E-state index in [-0.39, 0.29) is 5.41 Å². The lowest BCUT2D eigenvalue weighted by molar-refractivity contribution is -0.132. The smallest absolute Gasteiger partial charge is 0.222 e. The zero-order valence-corrected chi connectivity index (χ0v) is 13.9. The number of carbonyl (C=O) groups is 1. The second kappa shape index (κ2) is 6.28.